The lowest BCUT2D eigenvalue weighted by molar-refractivity contribution is -0.946. The first-order valence-corrected chi connectivity index (χ1v) is 13.4. The molecule has 0 atom stereocenters. The van der Waals surface area contributed by atoms with Crippen LogP contribution in [0, 0.1) is 5.41 Å². The first-order valence-electron chi connectivity index (χ1n) is 13.4. The van der Waals surface area contributed by atoms with E-state index in [1.165, 1.54) is 16.3 Å². The molecule has 4 aromatic carbocycles. The minimum absolute atomic E-state index is 0.123. The van der Waals surface area contributed by atoms with Gasteiger partial charge in [0.25, 0.3) is 0 Å². The Bertz CT molecular complexity index is 1250. The molecule has 1 N–H and O–H groups in total. The highest BCUT2D eigenvalue weighted by Gasteiger charge is 2.60. The van der Waals surface area contributed by atoms with E-state index in [-0.39, 0.29) is 5.41 Å². The van der Waals surface area contributed by atoms with Gasteiger partial charge in [-0.25, -0.2) is 0 Å². The highest BCUT2D eigenvalue weighted by Crippen LogP contribution is 2.57. The van der Waals surface area contributed by atoms with Crippen LogP contribution in [-0.4, -0.2) is 42.4 Å². The maximum atomic E-state index is 12.5. The molecule has 0 aromatic heterocycles. The van der Waals surface area contributed by atoms with Gasteiger partial charge in [-0.3, -0.25) is 0 Å². The van der Waals surface area contributed by atoms with Crippen LogP contribution in [-0.2, 0) is 16.9 Å². The Hall–Kier alpha value is -2.98. The number of hydrogen-bond donors (Lipinski definition) is 1. The van der Waals surface area contributed by atoms with Gasteiger partial charge in [0.15, 0.2) is 0 Å². The highest BCUT2D eigenvalue weighted by molar-refractivity contribution is 5.82. The van der Waals surface area contributed by atoms with Crippen LogP contribution in [0.4, 0.5) is 0 Å². The molecular formula is C33H36NO2+. The zero-order valence-electron chi connectivity index (χ0n) is 21.0. The molecular weight excluding hydrogens is 442 g/mol. The van der Waals surface area contributed by atoms with E-state index in [0.717, 1.165) is 67.7 Å². The molecule has 0 radical (unpaired) electrons. The van der Waals surface area contributed by atoms with E-state index in [1.54, 1.807) is 0 Å². The summed E-state index contributed by atoms with van der Waals surface area (Å²) in [6.45, 7) is 5.83. The lowest BCUT2D eigenvalue weighted by Gasteiger charge is -2.60. The van der Waals surface area contributed by atoms with Crippen molar-refractivity contribution in [2.75, 3.05) is 32.8 Å². The fourth-order valence-corrected chi connectivity index (χ4v) is 6.86. The Balaban J connectivity index is 1.13. The van der Waals surface area contributed by atoms with Gasteiger partial charge in [-0.05, 0) is 33.5 Å². The molecule has 3 saturated heterocycles. The number of hydrogen-bond acceptors (Lipinski definition) is 2. The van der Waals surface area contributed by atoms with Gasteiger partial charge >= 0.3 is 0 Å². The minimum atomic E-state index is -0.960. The van der Waals surface area contributed by atoms with E-state index in [0.29, 0.717) is 6.61 Å². The molecule has 36 heavy (non-hydrogen) atoms. The second kappa shape index (κ2) is 9.48. The largest absolute Gasteiger partial charge is 0.380 e. The van der Waals surface area contributed by atoms with Crippen LogP contribution in [0.5, 0.6) is 0 Å². The summed E-state index contributed by atoms with van der Waals surface area (Å²) >= 11 is 0. The predicted octanol–water partition coefficient (Wildman–Crippen LogP) is 6.29. The highest BCUT2D eigenvalue weighted by atomic mass is 16.5. The average Bonchev–Trinajstić information content (AvgIpc) is 2.97. The second-order valence-electron chi connectivity index (χ2n) is 10.9. The monoisotopic (exact) mass is 478 g/mol. The van der Waals surface area contributed by atoms with Gasteiger partial charge in [0.05, 0.1) is 32.8 Å². The summed E-state index contributed by atoms with van der Waals surface area (Å²) in [7, 11) is 0. The standard InChI is InChI=1S/C33H36NO2/c35-33(30-11-3-1-4-12-30,31-13-5-2-6-14-31)32-17-20-34(21-18-32,22-19-32)23-24-36-26-27-15-16-28-9-7-8-10-29(28)25-27/h1-16,25,35H,17-24,26H2/q+1. The van der Waals surface area contributed by atoms with Gasteiger partial charge in [-0.15, -0.1) is 0 Å². The Kier molecular flexibility index (Phi) is 6.17. The summed E-state index contributed by atoms with van der Waals surface area (Å²) in [6, 6.07) is 35.8. The van der Waals surface area contributed by atoms with Crippen molar-refractivity contribution in [3.05, 3.63) is 120 Å². The minimum Gasteiger partial charge on any atom is -0.380 e. The van der Waals surface area contributed by atoms with E-state index >= 15 is 0 Å². The summed E-state index contributed by atoms with van der Waals surface area (Å²) < 4.78 is 7.31. The van der Waals surface area contributed by atoms with Crippen molar-refractivity contribution in [1.82, 2.24) is 0 Å². The lowest BCUT2D eigenvalue weighted by Crippen LogP contribution is -2.67. The fourth-order valence-electron chi connectivity index (χ4n) is 6.86. The van der Waals surface area contributed by atoms with Crippen molar-refractivity contribution in [1.29, 1.82) is 0 Å². The van der Waals surface area contributed by atoms with Crippen molar-refractivity contribution in [3.63, 3.8) is 0 Å². The smallest absolute Gasteiger partial charge is 0.121 e. The van der Waals surface area contributed by atoms with Gasteiger partial charge in [0, 0.05) is 24.7 Å². The molecule has 0 spiro atoms. The number of fused-ring (bicyclic) bond motifs is 4. The summed E-state index contributed by atoms with van der Waals surface area (Å²) in [6.07, 6.45) is 3.12. The summed E-state index contributed by atoms with van der Waals surface area (Å²) in [5.41, 5.74) is 2.20. The van der Waals surface area contributed by atoms with Crippen molar-refractivity contribution >= 4 is 10.8 Å². The number of aliphatic hydroxyl groups is 1. The molecule has 3 fully saturated rings. The third-order valence-electron chi connectivity index (χ3n) is 9.14. The summed E-state index contributed by atoms with van der Waals surface area (Å²) in [5, 5.41) is 15.1. The number of benzene rings is 4. The molecule has 3 aliphatic heterocycles. The molecule has 4 aromatic rings. The third-order valence-corrected chi connectivity index (χ3v) is 9.14. The Morgan fingerprint density at radius 3 is 1.86 bits per heavy atom. The van der Waals surface area contributed by atoms with Crippen LogP contribution in [0.3, 0.4) is 0 Å². The molecule has 3 nitrogen and oxygen atoms in total. The van der Waals surface area contributed by atoms with Crippen LogP contribution in [0.15, 0.2) is 103 Å². The topological polar surface area (TPSA) is 29.5 Å². The van der Waals surface area contributed by atoms with Crippen molar-refractivity contribution in [2.45, 2.75) is 31.5 Å². The van der Waals surface area contributed by atoms with Gasteiger partial charge < -0.3 is 14.3 Å². The predicted molar refractivity (Wildman–Crippen MR) is 145 cm³/mol. The van der Waals surface area contributed by atoms with E-state index < -0.39 is 5.60 Å². The molecule has 0 amide bonds. The van der Waals surface area contributed by atoms with Crippen molar-refractivity contribution < 1.29 is 14.3 Å². The van der Waals surface area contributed by atoms with Crippen molar-refractivity contribution in [2.24, 2.45) is 5.41 Å². The SMILES string of the molecule is OC(c1ccccc1)(c1ccccc1)C12CC[N+](CCOCc3ccc4ccccc4c3)(CC1)CC2. The van der Waals surface area contributed by atoms with Crippen molar-refractivity contribution in [3.8, 4) is 0 Å². The number of nitrogens with zero attached hydrogens (tertiary/aromatic N) is 1. The van der Waals surface area contributed by atoms with Crippen LogP contribution in [0.25, 0.3) is 10.8 Å². The molecule has 3 aliphatic rings. The zero-order valence-corrected chi connectivity index (χ0v) is 21.0. The van der Waals surface area contributed by atoms with Crippen LogP contribution < -0.4 is 0 Å². The number of quaternary nitrogens is 1. The lowest BCUT2D eigenvalue weighted by atomic mass is 9.56. The maximum absolute atomic E-state index is 12.5. The van der Waals surface area contributed by atoms with E-state index in [4.69, 9.17) is 4.74 Å². The number of piperidine rings is 3. The number of rotatable bonds is 8. The van der Waals surface area contributed by atoms with E-state index in [2.05, 4.69) is 91.0 Å². The zero-order chi connectivity index (χ0) is 24.5. The third kappa shape index (κ3) is 4.06. The van der Waals surface area contributed by atoms with Gasteiger partial charge in [-0.2, -0.15) is 0 Å². The summed E-state index contributed by atoms with van der Waals surface area (Å²) in [5.74, 6) is 0. The van der Waals surface area contributed by atoms with Crippen LogP contribution in [0.2, 0.25) is 0 Å². The van der Waals surface area contributed by atoms with E-state index in [9.17, 15) is 5.11 Å². The first-order chi connectivity index (χ1) is 17.6. The summed E-state index contributed by atoms with van der Waals surface area (Å²) in [4.78, 5) is 0. The molecule has 184 valence electrons. The molecule has 0 aliphatic carbocycles. The average molecular weight is 479 g/mol. The van der Waals surface area contributed by atoms with Crippen LogP contribution in [0.1, 0.15) is 36.0 Å². The fraction of sp³-hybridized carbons (Fsp3) is 0.333. The quantitative estimate of drug-likeness (QED) is 0.238. The Morgan fingerprint density at radius 1 is 0.694 bits per heavy atom. The van der Waals surface area contributed by atoms with E-state index in [1.807, 2.05) is 12.1 Å². The molecule has 3 heteroatoms. The molecule has 0 saturated carbocycles. The molecule has 2 bridgehead atoms. The second-order valence-corrected chi connectivity index (χ2v) is 10.9. The Labute approximate surface area is 214 Å². The van der Waals surface area contributed by atoms with Gasteiger partial charge in [-0.1, -0.05) is 97.1 Å². The van der Waals surface area contributed by atoms with Crippen LogP contribution >= 0.6 is 0 Å². The first kappa shape index (κ1) is 23.4. The van der Waals surface area contributed by atoms with Gasteiger partial charge in [0.1, 0.15) is 12.1 Å². The molecule has 7 rings (SSSR count). The molecule has 0 unspecified atom stereocenters. The molecule has 3 heterocycles. The maximum Gasteiger partial charge on any atom is 0.121 e. The number of ether oxygens (including phenoxy) is 1. The normalized spacial score (nSPS) is 23.7. The Morgan fingerprint density at radius 2 is 1.25 bits per heavy atom. The van der Waals surface area contributed by atoms with Gasteiger partial charge in [0.2, 0.25) is 0 Å².